The molecule has 1 saturated heterocycles. The van der Waals surface area contributed by atoms with Crippen molar-refractivity contribution in [3.63, 3.8) is 0 Å². The molecular weight excluding hydrogens is 446 g/mol. The molecule has 184 valence electrons. The summed E-state index contributed by atoms with van der Waals surface area (Å²) in [7, 11) is 0. The highest BCUT2D eigenvalue weighted by Crippen LogP contribution is 2.24. The number of ether oxygens (including phenoxy) is 1. The first-order valence-electron chi connectivity index (χ1n) is 11.8. The average molecular weight is 478 g/mol. The van der Waals surface area contributed by atoms with Crippen molar-refractivity contribution in [2.45, 2.75) is 51.6 Å². The van der Waals surface area contributed by atoms with Crippen LogP contribution in [-0.2, 0) is 16.6 Å². The van der Waals surface area contributed by atoms with Gasteiger partial charge in [-0.05, 0) is 49.7 Å². The smallest absolute Gasteiger partial charge is 0.274 e. The van der Waals surface area contributed by atoms with Crippen LogP contribution in [0.4, 0.5) is 11.5 Å². The molecule has 2 aromatic heterocycles. The summed E-state index contributed by atoms with van der Waals surface area (Å²) < 4.78 is 11.3. The molecule has 1 aliphatic heterocycles. The first-order chi connectivity index (χ1) is 16.8. The summed E-state index contributed by atoms with van der Waals surface area (Å²) in [6.07, 6.45) is 3.76. The zero-order valence-corrected chi connectivity index (χ0v) is 20.3. The molecule has 2 amide bonds. The molecule has 0 spiro atoms. The van der Waals surface area contributed by atoms with Gasteiger partial charge in [0, 0.05) is 29.4 Å². The lowest BCUT2D eigenvalue weighted by molar-refractivity contribution is -0.115. The predicted octanol–water partition coefficient (Wildman–Crippen LogP) is 3.93. The standard InChI is InChI=1S/C26H31N5O4/c1-26(2,3)22-16-23(31-35-22)30-24(32)14-17-4-6-18(7-5-17)29-25(33)21-15-20(10-13-28-21)34-19-8-11-27-12-9-19/h4-7,10,13,15-16,19,27H,8-9,11-12,14H2,1-3H3,(H,29,33)(H,30,31,32). The van der Waals surface area contributed by atoms with Gasteiger partial charge in [0.1, 0.15) is 23.3 Å². The summed E-state index contributed by atoms with van der Waals surface area (Å²) in [6.45, 7) is 7.89. The number of pyridine rings is 1. The highest BCUT2D eigenvalue weighted by Gasteiger charge is 2.20. The highest BCUT2D eigenvalue weighted by molar-refractivity contribution is 6.03. The van der Waals surface area contributed by atoms with Crippen molar-refractivity contribution in [1.29, 1.82) is 0 Å². The molecule has 3 aromatic rings. The summed E-state index contributed by atoms with van der Waals surface area (Å²) in [5.74, 6) is 1.20. The van der Waals surface area contributed by atoms with Gasteiger partial charge in [-0.1, -0.05) is 38.1 Å². The molecule has 0 atom stereocenters. The van der Waals surface area contributed by atoms with E-state index >= 15 is 0 Å². The molecule has 0 saturated carbocycles. The molecule has 3 heterocycles. The summed E-state index contributed by atoms with van der Waals surface area (Å²) in [6, 6.07) is 12.3. The van der Waals surface area contributed by atoms with E-state index in [1.165, 1.54) is 0 Å². The topological polar surface area (TPSA) is 118 Å². The number of nitrogens with zero attached hydrogens (tertiary/aromatic N) is 2. The molecule has 0 unspecified atom stereocenters. The number of carbonyl (C=O) groups excluding carboxylic acids is 2. The van der Waals surface area contributed by atoms with Crippen LogP contribution in [0.5, 0.6) is 5.75 Å². The van der Waals surface area contributed by atoms with Crippen LogP contribution in [0, 0.1) is 0 Å². The summed E-state index contributed by atoms with van der Waals surface area (Å²) in [5.41, 5.74) is 1.50. The van der Waals surface area contributed by atoms with Gasteiger partial charge in [-0.2, -0.15) is 0 Å². The third-order valence-corrected chi connectivity index (χ3v) is 5.65. The number of piperidine rings is 1. The van der Waals surface area contributed by atoms with E-state index in [4.69, 9.17) is 9.26 Å². The molecule has 3 N–H and O–H groups in total. The van der Waals surface area contributed by atoms with Gasteiger partial charge >= 0.3 is 0 Å². The van der Waals surface area contributed by atoms with Gasteiger partial charge in [0.15, 0.2) is 5.82 Å². The molecule has 0 bridgehead atoms. The van der Waals surface area contributed by atoms with Crippen LogP contribution >= 0.6 is 0 Å². The molecule has 0 aliphatic carbocycles. The summed E-state index contributed by atoms with van der Waals surface area (Å²) >= 11 is 0. The quantitative estimate of drug-likeness (QED) is 0.472. The Morgan fingerprint density at radius 2 is 1.83 bits per heavy atom. The lowest BCUT2D eigenvalue weighted by atomic mass is 9.93. The fourth-order valence-corrected chi connectivity index (χ4v) is 3.68. The van der Waals surface area contributed by atoms with Gasteiger partial charge in [-0.25, -0.2) is 0 Å². The van der Waals surface area contributed by atoms with Crippen molar-refractivity contribution < 1.29 is 18.8 Å². The van der Waals surface area contributed by atoms with Crippen LogP contribution in [0.1, 0.15) is 55.4 Å². The number of anilines is 2. The minimum Gasteiger partial charge on any atom is -0.490 e. The predicted molar refractivity (Wildman–Crippen MR) is 133 cm³/mol. The van der Waals surface area contributed by atoms with Crippen LogP contribution < -0.4 is 20.7 Å². The number of hydrogen-bond donors (Lipinski definition) is 3. The first-order valence-corrected chi connectivity index (χ1v) is 11.8. The van der Waals surface area contributed by atoms with Crippen LogP contribution in [0.15, 0.2) is 53.2 Å². The van der Waals surface area contributed by atoms with E-state index < -0.39 is 0 Å². The number of amides is 2. The normalized spacial score (nSPS) is 14.4. The molecule has 35 heavy (non-hydrogen) atoms. The Morgan fingerprint density at radius 1 is 1.09 bits per heavy atom. The average Bonchev–Trinajstić information content (AvgIpc) is 3.30. The largest absolute Gasteiger partial charge is 0.490 e. The van der Waals surface area contributed by atoms with Crippen LogP contribution in [-0.4, -0.2) is 41.1 Å². The zero-order valence-electron chi connectivity index (χ0n) is 20.3. The molecule has 1 fully saturated rings. The number of nitrogens with one attached hydrogen (secondary N) is 3. The summed E-state index contributed by atoms with van der Waals surface area (Å²) in [5, 5.41) is 12.8. The van der Waals surface area contributed by atoms with Crippen molar-refractivity contribution in [3.05, 3.63) is 65.7 Å². The monoisotopic (exact) mass is 477 g/mol. The molecule has 1 aromatic carbocycles. The van der Waals surface area contributed by atoms with E-state index in [0.29, 0.717) is 23.0 Å². The zero-order chi connectivity index (χ0) is 24.8. The van der Waals surface area contributed by atoms with Crippen LogP contribution in [0.2, 0.25) is 0 Å². The Morgan fingerprint density at radius 3 is 2.51 bits per heavy atom. The van der Waals surface area contributed by atoms with Crippen molar-refractivity contribution >= 4 is 23.3 Å². The maximum absolute atomic E-state index is 12.7. The molecular formula is C26H31N5O4. The van der Waals surface area contributed by atoms with Crippen molar-refractivity contribution in [2.24, 2.45) is 0 Å². The van der Waals surface area contributed by atoms with Crippen molar-refractivity contribution in [1.82, 2.24) is 15.5 Å². The Labute approximate surface area is 204 Å². The SMILES string of the molecule is CC(C)(C)c1cc(NC(=O)Cc2ccc(NC(=O)c3cc(OC4CCNCC4)ccn3)cc2)no1. The third-order valence-electron chi connectivity index (χ3n) is 5.65. The highest BCUT2D eigenvalue weighted by atomic mass is 16.5. The van der Waals surface area contributed by atoms with Gasteiger partial charge < -0.3 is 25.2 Å². The molecule has 0 radical (unpaired) electrons. The van der Waals surface area contributed by atoms with Gasteiger partial charge in [-0.3, -0.25) is 14.6 Å². The third kappa shape index (κ3) is 6.89. The van der Waals surface area contributed by atoms with Gasteiger partial charge in [0.25, 0.3) is 5.91 Å². The maximum Gasteiger partial charge on any atom is 0.274 e. The van der Waals surface area contributed by atoms with E-state index in [1.54, 1.807) is 48.7 Å². The van der Waals surface area contributed by atoms with Crippen LogP contribution in [0.3, 0.4) is 0 Å². The minimum atomic E-state index is -0.327. The number of benzene rings is 1. The van der Waals surface area contributed by atoms with E-state index in [1.807, 2.05) is 20.8 Å². The van der Waals surface area contributed by atoms with E-state index in [-0.39, 0.29) is 35.4 Å². The summed E-state index contributed by atoms with van der Waals surface area (Å²) in [4.78, 5) is 29.2. The second kappa shape index (κ2) is 10.7. The van der Waals surface area contributed by atoms with Gasteiger partial charge in [0.2, 0.25) is 5.91 Å². The Bertz CT molecular complexity index is 1160. The Hall–Kier alpha value is -3.72. The van der Waals surface area contributed by atoms with Crippen molar-refractivity contribution in [3.8, 4) is 5.75 Å². The Kier molecular flexibility index (Phi) is 7.45. The lowest BCUT2D eigenvalue weighted by Gasteiger charge is -2.23. The lowest BCUT2D eigenvalue weighted by Crippen LogP contribution is -2.34. The first kappa shape index (κ1) is 24.4. The number of aromatic nitrogens is 2. The van der Waals surface area contributed by atoms with E-state index in [9.17, 15) is 9.59 Å². The number of rotatable bonds is 7. The van der Waals surface area contributed by atoms with Gasteiger partial charge in [0.05, 0.1) is 6.42 Å². The number of carbonyl (C=O) groups is 2. The van der Waals surface area contributed by atoms with Gasteiger partial charge in [-0.15, -0.1) is 0 Å². The second-order valence-electron chi connectivity index (χ2n) is 9.65. The molecule has 4 rings (SSSR count). The van der Waals surface area contributed by atoms with E-state index in [2.05, 4.69) is 26.1 Å². The molecule has 1 aliphatic rings. The number of hydrogen-bond acceptors (Lipinski definition) is 7. The van der Waals surface area contributed by atoms with E-state index in [0.717, 1.165) is 31.5 Å². The van der Waals surface area contributed by atoms with Crippen LogP contribution in [0.25, 0.3) is 0 Å². The Balaban J connectivity index is 1.30. The maximum atomic E-state index is 12.7. The fourth-order valence-electron chi connectivity index (χ4n) is 3.68. The molecule has 9 nitrogen and oxygen atoms in total. The van der Waals surface area contributed by atoms with Crippen molar-refractivity contribution in [2.75, 3.05) is 23.7 Å². The minimum absolute atomic E-state index is 0.143. The fraction of sp³-hybridized carbons (Fsp3) is 0.385. The second-order valence-corrected chi connectivity index (χ2v) is 9.65. The molecule has 9 heteroatoms.